The zero-order chi connectivity index (χ0) is 14.2. The minimum Gasteiger partial charge on any atom is -0.399 e. The van der Waals surface area contributed by atoms with Crippen LogP contribution in [0.4, 0.5) is 5.69 Å². The van der Waals surface area contributed by atoms with Crippen LogP contribution in [0.5, 0.6) is 0 Å². The highest BCUT2D eigenvalue weighted by molar-refractivity contribution is 7.93. The fourth-order valence-corrected chi connectivity index (χ4v) is 5.41. The van der Waals surface area contributed by atoms with E-state index in [1.807, 2.05) is 0 Å². The van der Waals surface area contributed by atoms with Gasteiger partial charge in [0.25, 0.3) is 0 Å². The molecule has 0 spiro atoms. The molecule has 0 saturated carbocycles. The number of nitrogens with two attached hydrogens (primary N) is 1. The molecule has 1 aromatic carbocycles. The molecule has 7 heteroatoms. The highest BCUT2D eigenvalue weighted by Gasteiger charge is 2.26. The fourth-order valence-electron chi connectivity index (χ4n) is 2.35. The van der Waals surface area contributed by atoms with Crippen molar-refractivity contribution < 1.29 is 13.2 Å². The lowest BCUT2D eigenvalue weighted by Gasteiger charge is -2.21. The van der Waals surface area contributed by atoms with Gasteiger partial charge in [0.05, 0.1) is 16.0 Å². The van der Waals surface area contributed by atoms with Crippen LogP contribution in [0, 0.1) is 5.92 Å². The molecular weight excluding hydrogens is 296 g/mol. The fraction of sp³-hybridized carbons (Fsp3) is 0.462. The molecule has 2 N–H and O–H groups in total. The largest absolute Gasteiger partial charge is 0.399 e. The van der Waals surface area contributed by atoms with Crippen LogP contribution in [-0.4, -0.2) is 32.4 Å². The first kappa shape index (κ1) is 13.8. The van der Waals surface area contributed by atoms with Gasteiger partial charge in [-0.3, -0.25) is 0 Å². The Bertz CT molecular complexity index is 718. The van der Waals surface area contributed by atoms with Gasteiger partial charge in [-0.15, -0.1) is 11.3 Å². The van der Waals surface area contributed by atoms with E-state index < -0.39 is 9.84 Å². The smallest absolute Gasteiger partial charge is 0.210 e. The van der Waals surface area contributed by atoms with Gasteiger partial charge in [0.15, 0.2) is 0 Å². The van der Waals surface area contributed by atoms with E-state index in [1.54, 1.807) is 18.2 Å². The van der Waals surface area contributed by atoms with Crippen molar-refractivity contribution in [2.45, 2.75) is 17.2 Å². The van der Waals surface area contributed by atoms with Crippen molar-refractivity contribution in [3.63, 3.8) is 0 Å². The Hall–Kier alpha value is -1.18. The second-order valence-electron chi connectivity index (χ2n) is 5.04. The third kappa shape index (κ3) is 2.79. The van der Waals surface area contributed by atoms with E-state index in [9.17, 15) is 8.42 Å². The highest BCUT2D eigenvalue weighted by Crippen LogP contribution is 2.29. The maximum absolute atomic E-state index is 12.4. The van der Waals surface area contributed by atoms with Crippen LogP contribution in [0.15, 0.2) is 22.5 Å². The lowest BCUT2D eigenvalue weighted by atomic mass is 10.0. The second kappa shape index (κ2) is 5.31. The van der Waals surface area contributed by atoms with Crippen molar-refractivity contribution >= 4 is 37.1 Å². The summed E-state index contributed by atoms with van der Waals surface area (Å²) in [6.45, 7) is 1.30. The zero-order valence-corrected chi connectivity index (χ0v) is 12.5. The summed E-state index contributed by atoms with van der Waals surface area (Å²) < 4.78 is 31.1. The van der Waals surface area contributed by atoms with Crippen LogP contribution >= 0.6 is 11.3 Å². The Kier molecular flexibility index (Phi) is 3.66. The molecule has 0 atom stereocenters. The summed E-state index contributed by atoms with van der Waals surface area (Å²) in [7, 11) is -3.32. The predicted octanol–water partition coefficient (Wildman–Crippen LogP) is 2.08. The van der Waals surface area contributed by atoms with Crippen LogP contribution in [0.2, 0.25) is 0 Å². The maximum Gasteiger partial charge on any atom is 0.210 e. The van der Waals surface area contributed by atoms with Gasteiger partial charge in [0.2, 0.25) is 14.2 Å². The number of fused-ring (bicyclic) bond motifs is 1. The summed E-state index contributed by atoms with van der Waals surface area (Å²) in [5.74, 6) is 0.330. The zero-order valence-electron chi connectivity index (χ0n) is 10.9. The number of sulfone groups is 1. The first-order valence-electron chi connectivity index (χ1n) is 6.51. The molecule has 2 aromatic rings. The minimum absolute atomic E-state index is 0.158. The van der Waals surface area contributed by atoms with Gasteiger partial charge in [-0.2, -0.15) is 0 Å². The van der Waals surface area contributed by atoms with Gasteiger partial charge in [-0.25, -0.2) is 13.4 Å². The Morgan fingerprint density at radius 1 is 1.35 bits per heavy atom. The van der Waals surface area contributed by atoms with Crippen molar-refractivity contribution in [2.75, 3.05) is 24.7 Å². The monoisotopic (exact) mass is 312 g/mol. The molecule has 1 saturated heterocycles. The number of hydrogen-bond acceptors (Lipinski definition) is 6. The number of rotatable bonds is 3. The van der Waals surface area contributed by atoms with Crippen molar-refractivity contribution in [3.8, 4) is 0 Å². The molecule has 3 rings (SSSR count). The Morgan fingerprint density at radius 3 is 2.85 bits per heavy atom. The summed E-state index contributed by atoms with van der Waals surface area (Å²) >= 11 is 1.20. The molecule has 5 nitrogen and oxygen atoms in total. The minimum atomic E-state index is -3.32. The molecule has 0 bridgehead atoms. The topological polar surface area (TPSA) is 82.3 Å². The molecule has 0 aliphatic carbocycles. The summed E-state index contributed by atoms with van der Waals surface area (Å²) in [5.41, 5.74) is 7.02. The van der Waals surface area contributed by atoms with Crippen LogP contribution in [-0.2, 0) is 14.6 Å². The number of ether oxygens (including phenoxy) is 1. The molecular formula is C13H16N2O3S2. The number of benzene rings is 1. The van der Waals surface area contributed by atoms with Crippen molar-refractivity contribution in [1.29, 1.82) is 0 Å². The Balaban J connectivity index is 1.88. The average Bonchev–Trinajstić information content (AvgIpc) is 2.83. The van der Waals surface area contributed by atoms with E-state index in [4.69, 9.17) is 10.5 Å². The van der Waals surface area contributed by atoms with Crippen LogP contribution in [0.1, 0.15) is 12.8 Å². The normalized spacial score (nSPS) is 17.6. The molecule has 1 fully saturated rings. The van der Waals surface area contributed by atoms with Gasteiger partial charge in [-0.05, 0) is 37.0 Å². The number of nitrogens with zero attached hydrogens (tertiary/aromatic N) is 1. The van der Waals surface area contributed by atoms with E-state index in [0.717, 1.165) is 17.5 Å². The maximum atomic E-state index is 12.4. The van der Waals surface area contributed by atoms with E-state index in [-0.39, 0.29) is 16.0 Å². The molecule has 1 aliphatic heterocycles. The lowest BCUT2D eigenvalue weighted by molar-refractivity contribution is 0.0723. The molecule has 0 radical (unpaired) electrons. The van der Waals surface area contributed by atoms with E-state index in [2.05, 4.69) is 4.98 Å². The second-order valence-corrected chi connectivity index (χ2v) is 8.28. The standard InChI is InChI=1S/C13H16N2O3S2/c14-10-1-2-11-12(7-10)19-13(15-11)20(16,17)8-9-3-5-18-6-4-9/h1-2,7,9H,3-6,8,14H2. The third-order valence-corrected chi connectivity index (χ3v) is 6.81. The third-order valence-electron chi connectivity index (χ3n) is 3.45. The quantitative estimate of drug-likeness (QED) is 0.877. The summed E-state index contributed by atoms with van der Waals surface area (Å²) in [4.78, 5) is 4.23. The molecule has 2 heterocycles. The summed E-state index contributed by atoms with van der Waals surface area (Å²) in [6.07, 6.45) is 1.61. The molecule has 0 amide bonds. The number of hydrogen-bond donors (Lipinski definition) is 1. The number of nitrogen functional groups attached to an aromatic ring is 1. The van der Waals surface area contributed by atoms with Crippen LogP contribution in [0.25, 0.3) is 10.2 Å². The van der Waals surface area contributed by atoms with Crippen molar-refractivity contribution in [1.82, 2.24) is 4.98 Å². The molecule has 20 heavy (non-hydrogen) atoms. The van der Waals surface area contributed by atoms with Gasteiger partial charge in [0, 0.05) is 18.9 Å². The van der Waals surface area contributed by atoms with Gasteiger partial charge < -0.3 is 10.5 Å². The van der Waals surface area contributed by atoms with Gasteiger partial charge in [0.1, 0.15) is 0 Å². The average molecular weight is 312 g/mol. The number of aromatic nitrogens is 1. The Labute approximate surface area is 121 Å². The SMILES string of the molecule is Nc1ccc2nc(S(=O)(=O)CC3CCOCC3)sc2c1. The first-order chi connectivity index (χ1) is 9.54. The first-order valence-corrected chi connectivity index (χ1v) is 8.98. The van der Waals surface area contributed by atoms with E-state index >= 15 is 0 Å². The highest BCUT2D eigenvalue weighted by atomic mass is 32.2. The predicted molar refractivity (Wildman–Crippen MR) is 79.6 cm³/mol. The number of thiazole rings is 1. The van der Waals surface area contributed by atoms with E-state index in [1.165, 1.54) is 11.3 Å². The Morgan fingerprint density at radius 2 is 2.10 bits per heavy atom. The number of anilines is 1. The molecule has 108 valence electrons. The van der Waals surface area contributed by atoms with Crippen LogP contribution < -0.4 is 5.73 Å². The van der Waals surface area contributed by atoms with Gasteiger partial charge in [-0.1, -0.05) is 0 Å². The summed E-state index contributed by atoms with van der Waals surface area (Å²) in [6, 6.07) is 5.26. The molecule has 1 aliphatic rings. The van der Waals surface area contributed by atoms with Crippen molar-refractivity contribution in [2.24, 2.45) is 5.92 Å². The lowest BCUT2D eigenvalue weighted by Crippen LogP contribution is -2.23. The summed E-state index contributed by atoms with van der Waals surface area (Å²) in [5, 5.41) is 0. The van der Waals surface area contributed by atoms with Crippen LogP contribution in [0.3, 0.4) is 0 Å². The van der Waals surface area contributed by atoms with Crippen molar-refractivity contribution in [3.05, 3.63) is 18.2 Å². The van der Waals surface area contributed by atoms with Gasteiger partial charge >= 0.3 is 0 Å². The van der Waals surface area contributed by atoms with E-state index in [0.29, 0.717) is 24.4 Å². The molecule has 1 aromatic heterocycles. The molecule has 0 unspecified atom stereocenters.